The van der Waals surface area contributed by atoms with Crippen molar-refractivity contribution in [1.29, 1.82) is 10.5 Å². The maximum Gasteiger partial charge on any atom is 0.257 e. The molecule has 0 saturated heterocycles. The number of aryl methyl sites for hydroxylation is 1. The molecule has 0 saturated carbocycles. The Kier molecular flexibility index (Phi) is 5.21. The van der Waals surface area contributed by atoms with Gasteiger partial charge in [-0.2, -0.15) is 10.5 Å². The van der Waals surface area contributed by atoms with E-state index in [0.717, 1.165) is 5.56 Å². The summed E-state index contributed by atoms with van der Waals surface area (Å²) in [6.07, 6.45) is 0.273. The predicted molar refractivity (Wildman–Crippen MR) is 64.6 cm³/mol. The van der Waals surface area contributed by atoms with Crippen LogP contribution >= 0.6 is 0 Å². The van der Waals surface area contributed by atoms with Gasteiger partial charge in [-0.1, -0.05) is 6.07 Å². The third-order valence-corrected chi connectivity index (χ3v) is 2.23. The summed E-state index contributed by atoms with van der Waals surface area (Å²) in [6.45, 7) is 2.03. The predicted octanol–water partition coefficient (Wildman–Crippen LogP) is 1.28. The van der Waals surface area contributed by atoms with E-state index in [1.807, 2.05) is 19.1 Å². The summed E-state index contributed by atoms with van der Waals surface area (Å²) in [5, 5.41) is 19.6. The van der Waals surface area contributed by atoms with E-state index in [1.165, 1.54) is 0 Å². The zero-order chi connectivity index (χ0) is 13.4. The lowest BCUT2D eigenvalue weighted by Gasteiger charge is -2.09. The lowest BCUT2D eigenvalue weighted by molar-refractivity contribution is -0.123. The number of nitrogens with one attached hydrogen (secondary N) is 1. The molecule has 5 nitrogen and oxygen atoms in total. The molecule has 1 rings (SSSR count). The third kappa shape index (κ3) is 4.15. The molecular weight excluding hydrogens is 230 g/mol. The van der Waals surface area contributed by atoms with Crippen molar-refractivity contribution in [3.8, 4) is 17.9 Å². The number of nitrogens with zero attached hydrogens (tertiary/aromatic N) is 2. The molecule has 0 fully saturated rings. The zero-order valence-corrected chi connectivity index (χ0v) is 10.1. The highest BCUT2D eigenvalue weighted by Crippen LogP contribution is 2.18. The highest BCUT2D eigenvalue weighted by atomic mass is 16.5. The van der Waals surface area contributed by atoms with Gasteiger partial charge in [-0.05, 0) is 24.6 Å². The van der Waals surface area contributed by atoms with Gasteiger partial charge in [0.05, 0.1) is 24.1 Å². The number of ether oxygens (including phenoxy) is 1. The molecule has 1 aromatic rings. The van der Waals surface area contributed by atoms with Crippen molar-refractivity contribution < 1.29 is 9.53 Å². The molecule has 0 atom stereocenters. The maximum absolute atomic E-state index is 11.3. The molecule has 0 heterocycles. The average molecular weight is 243 g/mol. The summed E-state index contributed by atoms with van der Waals surface area (Å²) >= 11 is 0. The number of hydrogen-bond donors (Lipinski definition) is 1. The van der Waals surface area contributed by atoms with Crippen LogP contribution in [0.25, 0.3) is 0 Å². The largest absolute Gasteiger partial charge is 0.483 e. The smallest absolute Gasteiger partial charge is 0.257 e. The van der Waals surface area contributed by atoms with Crippen molar-refractivity contribution in [2.24, 2.45) is 0 Å². The summed E-state index contributed by atoms with van der Waals surface area (Å²) in [5.41, 5.74) is 1.35. The van der Waals surface area contributed by atoms with E-state index in [9.17, 15) is 4.79 Å². The van der Waals surface area contributed by atoms with Crippen LogP contribution in [-0.4, -0.2) is 19.1 Å². The molecule has 0 aliphatic heterocycles. The first kappa shape index (κ1) is 13.5. The molecule has 0 bridgehead atoms. The fourth-order valence-corrected chi connectivity index (χ4v) is 1.28. The van der Waals surface area contributed by atoms with Crippen LogP contribution in [0.1, 0.15) is 17.5 Å². The van der Waals surface area contributed by atoms with Gasteiger partial charge in [0.15, 0.2) is 6.61 Å². The van der Waals surface area contributed by atoms with Gasteiger partial charge in [-0.25, -0.2) is 0 Å². The Morgan fingerprint density at radius 2 is 2.22 bits per heavy atom. The van der Waals surface area contributed by atoms with E-state index in [-0.39, 0.29) is 18.9 Å². The van der Waals surface area contributed by atoms with Crippen LogP contribution in [0.3, 0.4) is 0 Å². The van der Waals surface area contributed by atoms with Crippen molar-refractivity contribution in [2.45, 2.75) is 13.3 Å². The second-order valence-corrected chi connectivity index (χ2v) is 3.64. The van der Waals surface area contributed by atoms with Crippen molar-refractivity contribution in [1.82, 2.24) is 5.32 Å². The fourth-order valence-electron chi connectivity index (χ4n) is 1.28. The van der Waals surface area contributed by atoms with Gasteiger partial charge in [0.25, 0.3) is 5.91 Å². The average Bonchev–Trinajstić information content (AvgIpc) is 2.38. The first-order chi connectivity index (χ1) is 8.67. The Balaban J connectivity index is 2.51. The molecule has 0 unspecified atom stereocenters. The van der Waals surface area contributed by atoms with Crippen LogP contribution in [0, 0.1) is 29.6 Å². The minimum absolute atomic E-state index is 0.124. The highest BCUT2D eigenvalue weighted by molar-refractivity contribution is 5.77. The molecule has 1 N–H and O–H groups in total. The van der Waals surface area contributed by atoms with E-state index in [1.54, 1.807) is 18.2 Å². The maximum atomic E-state index is 11.3. The molecule has 0 radical (unpaired) electrons. The van der Waals surface area contributed by atoms with Crippen molar-refractivity contribution in [3.05, 3.63) is 29.3 Å². The van der Waals surface area contributed by atoms with E-state index in [4.69, 9.17) is 15.3 Å². The Morgan fingerprint density at radius 1 is 1.44 bits per heavy atom. The quantitative estimate of drug-likeness (QED) is 0.789. The van der Waals surface area contributed by atoms with Crippen LogP contribution in [0.5, 0.6) is 5.75 Å². The molecule has 0 spiro atoms. The summed E-state index contributed by atoms with van der Waals surface area (Å²) in [5.74, 6) is 0.233. The van der Waals surface area contributed by atoms with E-state index in [2.05, 4.69) is 5.32 Å². The summed E-state index contributed by atoms with van der Waals surface area (Å²) in [4.78, 5) is 11.3. The topological polar surface area (TPSA) is 85.9 Å². The number of rotatable bonds is 5. The fraction of sp³-hybridized carbons (Fsp3) is 0.308. The second kappa shape index (κ2) is 6.93. The molecule has 18 heavy (non-hydrogen) atoms. The monoisotopic (exact) mass is 243 g/mol. The normalized spacial score (nSPS) is 9.06. The number of amides is 1. The molecule has 92 valence electrons. The summed E-state index contributed by atoms with van der Waals surface area (Å²) in [6, 6.07) is 8.99. The molecular formula is C13H13N3O2. The summed E-state index contributed by atoms with van der Waals surface area (Å²) in [7, 11) is 0. The molecule has 1 amide bonds. The van der Waals surface area contributed by atoms with Gasteiger partial charge in [0.2, 0.25) is 0 Å². The van der Waals surface area contributed by atoms with E-state index >= 15 is 0 Å². The van der Waals surface area contributed by atoms with Crippen LogP contribution in [-0.2, 0) is 4.79 Å². The highest BCUT2D eigenvalue weighted by Gasteiger charge is 2.05. The van der Waals surface area contributed by atoms with Gasteiger partial charge in [0.1, 0.15) is 5.75 Å². The van der Waals surface area contributed by atoms with Crippen LogP contribution < -0.4 is 10.1 Å². The lowest BCUT2D eigenvalue weighted by atomic mass is 10.1. The molecule has 0 aromatic heterocycles. The standard InChI is InChI=1S/C13H13N3O2/c1-10-3-4-11(8-15)7-12(10)18-9-13(17)16-6-2-5-14/h3-4,7H,2,6,9H2,1H3,(H,16,17). The first-order valence-electron chi connectivity index (χ1n) is 5.44. The van der Waals surface area contributed by atoms with Gasteiger partial charge in [0, 0.05) is 6.54 Å². The molecule has 5 heteroatoms. The van der Waals surface area contributed by atoms with Crippen LogP contribution in [0.4, 0.5) is 0 Å². The Bertz CT molecular complexity index is 512. The third-order valence-electron chi connectivity index (χ3n) is 2.23. The van der Waals surface area contributed by atoms with Crippen molar-refractivity contribution in [2.75, 3.05) is 13.2 Å². The van der Waals surface area contributed by atoms with Gasteiger partial charge < -0.3 is 10.1 Å². The van der Waals surface area contributed by atoms with E-state index in [0.29, 0.717) is 17.9 Å². The molecule has 0 aliphatic rings. The molecule has 0 aliphatic carbocycles. The lowest BCUT2D eigenvalue weighted by Crippen LogP contribution is -2.29. The van der Waals surface area contributed by atoms with E-state index < -0.39 is 0 Å². The Morgan fingerprint density at radius 3 is 2.89 bits per heavy atom. The van der Waals surface area contributed by atoms with Crippen molar-refractivity contribution >= 4 is 5.91 Å². The first-order valence-corrected chi connectivity index (χ1v) is 5.44. The molecule has 1 aromatic carbocycles. The summed E-state index contributed by atoms with van der Waals surface area (Å²) < 4.78 is 5.33. The minimum Gasteiger partial charge on any atom is -0.483 e. The van der Waals surface area contributed by atoms with Gasteiger partial charge >= 0.3 is 0 Å². The second-order valence-electron chi connectivity index (χ2n) is 3.64. The Labute approximate surface area is 106 Å². The van der Waals surface area contributed by atoms with Crippen molar-refractivity contribution in [3.63, 3.8) is 0 Å². The number of nitriles is 2. The number of carbonyl (C=O) groups excluding carboxylic acids is 1. The number of hydrogen-bond acceptors (Lipinski definition) is 4. The van der Waals surface area contributed by atoms with Crippen LogP contribution in [0.2, 0.25) is 0 Å². The van der Waals surface area contributed by atoms with Gasteiger partial charge in [-0.3, -0.25) is 4.79 Å². The number of benzene rings is 1. The SMILES string of the molecule is Cc1ccc(C#N)cc1OCC(=O)NCCC#N. The van der Waals surface area contributed by atoms with Gasteiger partial charge in [-0.15, -0.1) is 0 Å². The Hall–Kier alpha value is -2.53. The minimum atomic E-state index is -0.285. The van der Waals surface area contributed by atoms with Crippen LogP contribution in [0.15, 0.2) is 18.2 Å². The number of carbonyl (C=O) groups is 1. The zero-order valence-electron chi connectivity index (χ0n) is 10.1.